The number of aryl methyl sites for hydroxylation is 1. The average molecular weight is 371 g/mol. The number of hydrogen-bond donors (Lipinski definition) is 2. The zero-order valence-corrected chi connectivity index (χ0v) is 15.8. The van der Waals surface area contributed by atoms with Crippen molar-refractivity contribution in [1.82, 2.24) is 9.97 Å². The average Bonchev–Trinajstić information content (AvgIpc) is 2.74. The molecule has 5 heteroatoms. The number of aromatic nitrogens is 2. The number of phenols is 1. The van der Waals surface area contributed by atoms with Crippen molar-refractivity contribution in [2.75, 3.05) is 12.4 Å². The molecule has 2 aromatic heterocycles. The van der Waals surface area contributed by atoms with Crippen LogP contribution in [-0.2, 0) is 0 Å². The maximum atomic E-state index is 11.0. The van der Waals surface area contributed by atoms with Gasteiger partial charge in [-0.2, -0.15) is 0 Å². The molecule has 0 aliphatic heterocycles. The van der Waals surface area contributed by atoms with Gasteiger partial charge in [-0.1, -0.05) is 30.3 Å². The van der Waals surface area contributed by atoms with Gasteiger partial charge in [-0.05, 0) is 36.8 Å². The molecule has 0 aliphatic carbocycles. The molecular formula is C23H21N3O2. The number of rotatable bonds is 5. The zero-order valence-electron chi connectivity index (χ0n) is 15.8. The Morgan fingerprint density at radius 3 is 2.68 bits per heavy atom. The lowest BCUT2D eigenvalue weighted by Gasteiger charge is -2.22. The number of phenolic OH excluding ortho intramolecular Hbond substituents is 1. The minimum absolute atomic E-state index is 0.172. The molecule has 1 atom stereocenters. The van der Waals surface area contributed by atoms with Crippen LogP contribution < -0.4 is 10.1 Å². The third kappa shape index (κ3) is 3.47. The van der Waals surface area contributed by atoms with E-state index in [0.29, 0.717) is 5.52 Å². The number of aromatic hydroxyl groups is 1. The van der Waals surface area contributed by atoms with Crippen molar-refractivity contribution >= 4 is 16.6 Å². The summed E-state index contributed by atoms with van der Waals surface area (Å²) in [7, 11) is 1.64. The highest BCUT2D eigenvalue weighted by atomic mass is 16.5. The lowest BCUT2D eigenvalue weighted by Crippen LogP contribution is -2.13. The third-order valence-corrected chi connectivity index (χ3v) is 4.72. The number of anilines is 1. The Hall–Kier alpha value is -3.60. The topological polar surface area (TPSA) is 67.3 Å². The number of methoxy groups -OCH3 is 1. The molecule has 140 valence electrons. The summed E-state index contributed by atoms with van der Waals surface area (Å²) in [5, 5.41) is 15.4. The summed E-state index contributed by atoms with van der Waals surface area (Å²) in [6.45, 7) is 1.92. The molecule has 0 saturated heterocycles. The first-order valence-corrected chi connectivity index (χ1v) is 9.05. The number of hydrogen-bond acceptors (Lipinski definition) is 5. The number of nitrogens with zero attached hydrogens (tertiary/aromatic N) is 2. The molecule has 0 radical (unpaired) electrons. The maximum Gasteiger partial charge on any atom is 0.147 e. The van der Waals surface area contributed by atoms with Crippen LogP contribution in [0.25, 0.3) is 10.9 Å². The molecule has 2 aromatic carbocycles. The Kier molecular flexibility index (Phi) is 4.81. The SMILES string of the molecule is COc1cccc(NC(c2cccnc2)c2ccc3ccc(C)nc3c2O)c1. The van der Waals surface area contributed by atoms with Crippen LogP contribution in [0.1, 0.15) is 22.9 Å². The van der Waals surface area contributed by atoms with Gasteiger partial charge in [-0.25, -0.2) is 4.98 Å². The van der Waals surface area contributed by atoms with Crippen LogP contribution in [0.2, 0.25) is 0 Å². The Morgan fingerprint density at radius 1 is 1.04 bits per heavy atom. The summed E-state index contributed by atoms with van der Waals surface area (Å²) >= 11 is 0. The molecule has 4 aromatic rings. The van der Waals surface area contributed by atoms with E-state index in [2.05, 4.69) is 15.3 Å². The van der Waals surface area contributed by atoms with Crippen LogP contribution >= 0.6 is 0 Å². The molecule has 0 spiro atoms. The summed E-state index contributed by atoms with van der Waals surface area (Å²) < 4.78 is 5.33. The Labute approximate surface area is 163 Å². The fourth-order valence-electron chi connectivity index (χ4n) is 3.29. The number of nitrogens with one attached hydrogen (secondary N) is 1. The van der Waals surface area contributed by atoms with E-state index in [-0.39, 0.29) is 11.8 Å². The Balaban J connectivity index is 1.84. The van der Waals surface area contributed by atoms with E-state index in [9.17, 15) is 5.11 Å². The van der Waals surface area contributed by atoms with E-state index in [4.69, 9.17) is 4.74 Å². The first kappa shape index (κ1) is 17.8. The third-order valence-electron chi connectivity index (χ3n) is 4.72. The molecule has 4 rings (SSSR count). The van der Waals surface area contributed by atoms with Crippen molar-refractivity contribution in [2.24, 2.45) is 0 Å². The van der Waals surface area contributed by atoms with Crippen molar-refractivity contribution in [3.05, 3.63) is 89.9 Å². The quantitative estimate of drug-likeness (QED) is 0.525. The highest BCUT2D eigenvalue weighted by Crippen LogP contribution is 2.36. The Morgan fingerprint density at radius 2 is 1.89 bits per heavy atom. The van der Waals surface area contributed by atoms with Crippen molar-refractivity contribution in [1.29, 1.82) is 0 Å². The van der Waals surface area contributed by atoms with Gasteiger partial charge in [0.15, 0.2) is 0 Å². The van der Waals surface area contributed by atoms with E-state index in [1.165, 1.54) is 0 Å². The Bertz CT molecular complexity index is 1110. The second-order valence-corrected chi connectivity index (χ2v) is 6.62. The fraction of sp³-hybridized carbons (Fsp3) is 0.130. The molecule has 28 heavy (non-hydrogen) atoms. The van der Waals surface area contributed by atoms with E-state index >= 15 is 0 Å². The normalized spacial score (nSPS) is 11.9. The molecule has 2 heterocycles. The lowest BCUT2D eigenvalue weighted by atomic mass is 9.97. The van der Waals surface area contributed by atoms with Crippen LogP contribution in [0.15, 0.2) is 73.1 Å². The van der Waals surface area contributed by atoms with Crippen molar-refractivity contribution in [3.63, 3.8) is 0 Å². The van der Waals surface area contributed by atoms with Gasteiger partial charge in [0, 0.05) is 40.8 Å². The number of benzene rings is 2. The number of pyridine rings is 2. The van der Waals surface area contributed by atoms with Gasteiger partial charge in [0.05, 0.1) is 13.2 Å². The summed E-state index contributed by atoms with van der Waals surface area (Å²) in [4.78, 5) is 8.78. The van der Waals surface area contributed by atoms with E-state index < -0.39 is 0 Å². The molecule has 2 N–H and O–H groups in total. The standard InChI is InChI=1S/C23H21N3O2/c1-15-8-9-16-10-11-20(23(27)22(16)25-15)21(17-5-4-12-24-14-17)26-18-6-3-7-19(13-18)28-2/h3-14,21,26-27H,1-2H3. The molecule has 0 aliphatic rings. The molecule has 0 saturated carbocycles. The second-order valence-electron chi connectivity index (χ2n) is 6.62. The highest BCUT2D eigenvalue weighted by molar-refractivity contribution is 5.86. The van der Waals surface area contributed by atoms with Gasteiger partial charge in [-0.15, -0.1) is 0 Å². The largest absolute Gasteiger partial charge is 0.505 e. The first-order chi connectivity index (χ1) is 13.7. The summed E-state index contributed by atoms with van der Waals surface area (Å²) in [6.07, 6.45) is 3.53. The van der Waals surface area contributed by atoms with Crippen LogP contribution in [-0.4, -0.2) is 22.2 Å². The van der Waals surface area contributed by atoms with Crippen LogP contribution in [0.3, 0.4) is 0 Å². The lowest BCUT2D eigenvalue weighted by molar-refractivity contribution is 0.415. The second kappa shape index (κ2) is 7.56. The summed E-state index contributed by atoms with van der Waals surface area (Å²) in [5.74, 6) is 0.931. The van der Waals surface area contributed by atoms with Crippen molar-refractivity contribution < 1.29 is 9.84 Å². The van der Waals surface area contributed by atoms with E-state index in [1.807, 2.05) is 67.6 Å². The minimum atomic E-state index is -0.299. The highest BCUT2D eigenvalue weighted by Gasteiger charge is 2.20. The first-order valence-electron chi connectivity index (χ1n) is 9.05. The molecule has 5 nitrogen and oxygen atoms in total. The smallest absolute Gasteiger partial charge is 0.147 e. The van der Waals surface area contributed by atoms with Gasteiger partial charge in [0.25, 0.3) is 0 Å². The molecule has 0 amide bonds. The van der Waals surface area contributed by atoms with Gasteiger partial charge in [-0.3, -0.25) is 4.98 Å². The molecule has 0 fully saturated rings. The van der Waals surface area contributed by atoms with Crippen LogP contribution in [0, 0.1) is 6.92 Å². The monoisotopic (exact) mass is 371 g/mol. The van der Waals surface area contributed by atoms with Crippen molar-refractivity contribution in [3.8, 4) is 11.5 Å². The predicted octanol–water partition coefficient (Wildman–Crippen LogP) is 4.85. The molecular weight excluding hydrogens is 350 g/mol. The number of fused-ring (bicyclic) bond motifs is 1. The van der Waals surface area contributed by atoms with E-state index in [1.54, 1.807) is 19.5 Å². The predicted molar refractivity (Wildman–Crippen MR) is 111 cm³/mol. The van der Waals surface area contributed by atoms with Crippen molar-refractivity contribution in [2.45, 2.75) is 13.0 Å². The van der Waals surface area contributed by atoms with E-state index in [0.717, 1.165) is 33.6 Å². The zero-order chi connectivity index (χ0) is 19.5. The van der Waals surface area contributed by atoms with Gasteiger partial charge >= 0.3 is 0 Å². The number of ether oxygens (including phenoxy) is 1. The van der Waals surface area contributed by atoms with Crippen LogP contribution in [0.5, 0.6) is 11.5 Å². The molecule has 1 unspecified atom stereocenters. The summed E-state index contributed by atoms with van der Waals surface area (Å²) in [5.41, 5.74) is 4.01. The molecule has 0 bridgehead atoms. The fourth-order valence-corrected chi connectivity index (χ4v) is 3.29. The van der Waals surface area contributed by atoms with Crippen LogP contribution in [0.4, 0.5) is 5.69 Å². The summed E-state index contributed by atoms with van der Waals surface area (Å²) in [6, 6.07) is 19.1. The van der Waals surface area contributed by atoms with Gasteiger partial charge in [0.2, 0.25) is 0 Å². The van der Waals surface area contributed by atoms with Gasteiger partial charge < -0.3 is 15.2 Å². The maximum absolute atomic E-state index is 11.0. The minimum Gasteiger partial charge on any atom is -0.505 e. The van der Waals surface area contributed by atoms with Gasteiger partial charge in [0.1, 0.15) is 17.0 Å².